The summed E-state index contributed by atoms with van der Waals surface area (Å²) in [6.45, 7) is 0.303. The molecular weight excluding hydrogens is 285 g/mol. The summed E-state index contributed by atoms with van der Waals surface area (Å²) in [5.74, 6) is 0.106. The Bertz CT molecular complexity index is 594. The van der Waals surface area contributed by atoms with Gasteiger partial charge in [0.05, 0.1) is 0 Å². The standard InChI is InChI=1S/C14H11Cl2NO2/c15-11-5-12(16)7-13(6-11)19-8-9-2-1-3-10(4-9)14(17)18/h1-7H,8H2,(H2,17,18). The van der Waals surface area contributed by atoms with E-state index >= 15 is 0 Å². The van der Waals surface area contributed by atoms with Crippen molar-refractivity contribution in [3.05, 3.63) is 63.6 Å². The summed E-state index contributed by atoms with van der Waals surface area (Å²) < 4.78 is 5.57. The molecule has 0 saturated heterocycles. The van der Waals surface area contributed by atoms with Crippen molar-refractivity contribution in [3.8, 4) is 5.75 Å². The maximum atomic E-state index is 11.1. The fourth-order valence-electron chi connectivity index (χ4n) is 1.59. The lowest BCUT2D eigenvalue weighted by molar-refractivity contribution is 0.1000. The molecule has 0 aliphatic rings. The summed E-state index contributed by atoms with van der Waals surface area (Å²) in [5.41, 5.74) is 6.50. The fraction of sp³-hybridized carbons (Fsp3) is 0.0714. The summed E-state index contributed by atoms with van der Waals surface area (Å²) in [5, 5.41) is 1.02. The van der Waals surface area contributed by atoms with Crippen LogP contribution in [0.25, 0.3) is 0 Å². The van der Waals surface area contributed by atoms with E-state index in [0.29, 0.717) is 28.0 Å². The lowest BCUT2D eigenvalue weighted by atomic mass is 10.1. The van der Waals surface area contributed by atoms with Crippen LogP contribution in [0, 0.1) is 0 Å². The molecular formula is C14H11Cl2NO2. The van der Waals surface area contributed by atoms with Crippen LogP contribution in [-0.2, 0) is 6.61 Å². The molecule has 0 aromatic heterocycles. The monoisotopic (exact) mass is 295 g/mol. The van der Waals surface area contributed by atoms with Crippen molar-refractivity contribution in [2.45, 2.75) is 6.61 Å². The van der Waals surface area contributed by atoms with Crippen molar-refractivity contribution in [1.29, 1.82) is 0 Å². The Morgan fingerprint density at radius 3 is 2.42 bits per heavy atom. The highest BCUT2D eigenvalue weighted by Crippen LogP contribution is 2.24. The normalized spacial score (nSPS) is 10.2. The Kier molecular flexibility index (Phi) is 4.30. The summed E-state index contributed by atoms with van der Waals surface area (Å²) in [6.07, 6.45) is 0. The topological polar surface area (TPSA) is 52.3 Å². The summed E-state index contributed by atoms with van der Waals surface area (Å²) in [4.78, 5) is 11.1. The Morgan fingerprint density at radius 1 is 1.11 bits per heavy atom. The second kappa shape index (κ2) is 5.95. The SMILES string of the molecule is NC(=O)c1cccc(COc2cc(Cl)cc(Cl)c2)c1. The minimum atomic E-state index is -0.465. The number of ether oxygens (including phenoxy) is 1. The van der Waals surface area contributed by atoms with Crippen LogP contribution in [0.5, 0.6) is 5.75 Å². The number of hydrogen-bond acceptors (Lipinski definition) is 2. The summed E-state index contributed by atoms with van der Waals surface area (Å²) in [6, 6.07) is 11.9. The molecule has 2 aromatic rings. The van der Waals surface area contributed by atoms with Crippen LogP contribution in [-0.4, -0.2) is 5.91 Å². The van der Waals surface area contributed by atoms with E-state index in [-0.39, 0.29) is 0 Å². The van der Waals surface area contributed by atoms with Crippen LogP contribution in [0.1, 0.15) is 15.9 Å². The minimum Gasteiger partial charge on any atom is -0.489 e. The van der Waals surface area contributed by atoms with Gasteiger partial charge in [-0.25, -0.2) is 0 Å². The molecule has 3 nitrogen and oxygen atoms in total. The third-order valence-corrected chi connectivity index (χ3v) is 2.89. The Morgan fingerprint density at radius 2 is 1.79 bits per heavy atom. The quantitative estimate of drug-likeness (QED) is 0.935. The third kappa shape index (κ3) is 3.88. The maximum Gasteiger partial charge on any atom is 0.248 e. The van der Waals surface area contributed by atoms with Crippen molar-refractivity contribution in [1.82, 2.24) is 0 Å². The van der Waals surface area contributed by atoms with Gasteiger partial charge in [-0.2, -0.15) is 0 Å². The Balaban J connectivity index is 2.10. The minimum absolute atomic E-state index is 0.303. The van der Waals surface area contributed by atoms with Crippen LogP contribution < -0.4 is 10.5 Å². The molecule has 2 rings (SSSR count). The smallest absolute Gasteiger partial charge is 0.248 e. The molecule has 0 atom stereocenters. The molecule has 5 heteroatoms. The van der Waals surface area contributed by atoms with Crippen LogP contribution in [0.15, 0.2) is 42.5 Å². The van der Waals surface area contributed by atoms with Gasteiger partial charge in [0.1, 0.15) is 12.4 Å². The molecule has 0 radical (unpaired) electrons. The number of benzene rings is 2. The van der Waals surface area contributed by atoms with Crippen molar-refractivity contribution >= 4 is 29.1 Å². The average molecular weight is 296 g/mol. The van der Waals surface area contributed by atoms with E-state index in [2.05, 4.69) is 0 Å². The van der Waals surface area contributed by atoms with E-state index in [4.69, 9.17) is 33.7 Å². The molecule has 0 saturated carbocycles. The van der Waals surface area contributed by atoms with Gasteiger partial charge in [-0.05, 0) is 35.9 Å². The zero-order chi connectivity index (χ0) is 13.8. The van der Waals surface area contributed by atoms with Gasteiger partial charge in [-0.1, -0.05) is 35.3 Å². The molecule has 0 spiro atoms. The first-order chi connectivity index (χ1) is 9.04. The van der Waals surface area contributed by atoms with Crippen LogP contribution in [0.3, 0.4) is 0 Å². The van der Waals surface area contributed by atoms with Gasteiger partial charge < -0.3 is 10.5 Å². The number of carbonyl (C=O) groups is 1. The number of halogens is 2. The number of hydrogen-bond donors (Lipinski definition) is 1. The molecule has 0 aliphatic heterocycles. The number of carbonyl (C=O) groups excluding carboxylic acids is 1. The first-order valence-electron chi connectivity index (χ1n) is 5.52. The fourth-order valence-corrected chi connectivity index (χ4v) is 2.10. The highest BCUT2D eigenvalue weighted by Gasteiger charge is 2.03. The second-order valence-electron chi connectivity index (χ2n) is 3.96. The van der Waals surface area contributed by atoms with Gasteiger partial charge in [0, 0.05) is 15.6 Å². The molecule has 1 amide bonds. The molecule has 2 N–H and O–H groups in total. The highest BCUT2D eigenvalue weighted by atomic mass is 35.5. The Hall–Kier alpha value is -1.71. The molecule has 0 unspecified atom stereocenters. The lowest BCUT2D eigenvalue weighted by Crippen LogP contribution is -2.11. The van der Waals surface area contributed by atoms with Crippen LogP contribution in [0.2, 0.25) is 10.0 Å². The van der Waals surface area contributed by atoms with Crippen molar-refractivity contribution in [2.75, 3.05) is 0 Å². The van der Waals surface area contributed by atoms with Crippen LogP contribution in [0.4, 0.5) is 0 Å². The van der Waals surface area contributed by atoms with Crippen molar-refractivity contribution < 1.29 is 9.53 Å². The van der Waals surface area contributed by atoms with E-state index in [0.717, 1.165) is 5.56 Å². The van der Waals surface area contributed by atoms with Gasteiger partial charge in [0.2, 0.25) is 5.91 Å². The van der Waals surface area contributed by atoms with E-state index < -0.39 is 5.91 Å². The van der Waals surface area contributed by atoms with Gasteiger partial charge in [-0.3, -0.25) is 4.79 Å². The first kappa shape index (κ1) is 13.7. The van der Waals surface area contributed by atoms with E-state index in [1.54, 1.807) is 36.4 Å². The molecule has 0 aliphatic carbocycles. The second-order valence-corrected chi connectivity index (χ2v) is 4.83. The van der Waals surface area contributed by atoms with Gasteiger partial charge in [-0.15, -0.1) is 0 Å². The maximum absolute atomic E-state index is 11.1. The zero-order valence-corrected chi connectivity index (χ0v) is 11.4. The number of amides is 1. The highest BCUT2D eigenvalue weighted by molar-refractivity contribution is 6.34. The third-order valence-electron chi connectivity index (χ3n) is 2.45. The average Bonchev–Trinajstić information content (AvgIpc) is 2.35. The first-order valence-corrected chi connectivity index (χ1v) is 6.28. The van der Waals surface area contributed by atoms with Gasteiger partial charge >= 0.3 is 0 Å². The lowest BCUT2D eigenvalue weighted by Gasteiger charge is -2.08. The number of rotatable bonds is 4. The predicted octanol–water partition coefficient (Wildman–Crippen LogP) is 3.67. The van der Waals surface area contributed by atoms with Crippen molar-refractivity contribution in [2.24, 2.45) is 5.73 Å². The molecule has 0 heterocycles. The largest absolute Gasteiger partial charge is 0.489 e. The summed E-state index contributed by atoms with van der Waals surface area (Å²) in [7, 11) is 0. The van der Waals surface area contributed by atoms with Gasteiger partial charge in [0.25, 0.3) is 0 Å². The Labute approximate surface area is 120 Å². The zero-order valence-electron chi connectivity index (χ0n) is 9.90. The van der Waals surface area contributed by atoms with Gasteiger partial charge in [0.15, 0.2) is 0 Å². The number of primary amides is 1. The molecule has 19 heavy (non-hydrogen) atoms. The molecule has 0 bridgehead atoms. The van der Waals surface area contributed by atoms with E-state index in [1.165, 1.54) is 0 Å². The van der Waals surface area contributed by atoms with E-state index in [1.807, 2.05) is 6.07 Å². The molecule has 2 aromatic carbocycles. The van der Waals surface area contributed by atoms with Crippen LogP contribution >= 0.6 is 23.2 Å². The molecule has 98 valence electrons. The number of nitrogens with two attached hydrogens (primary N) is 1. The van der Waals surface area contributed by atoms with Crippen molar-refractivity contribution in [3.63, 3.8) is 0 Å². The molecule has 0 fully saturated rings. The summed E-state index contributed by atoms with van der Waals surface area (Å²) >= 11 is 11.7. The van der Waals surface area contributed by atoms with E-state index in [9.17, 15) is 4.79 Å². The predicted molar refractivity (Wildman–Crippen MR) is 75.8 cm³/mol.